The Morgan fingerprint density at radius 1 is 1.53 bits per heavy atom. The summed E-state index contributed by atoms with van der Waals surface area (Å²) in [5, 5.41) is 14.0. The van der Waals surface area contributed by atoms with Crippen LogP contribution in [-0.4, -0.2) is 23.7 Å². The van der Waals surface area contributed by atoms with E-state index in [1.165, 1.54) is 11.3 Å². The van der Waals surface area contributed by atoms with Crippen molar-refractivity contribution in [3.05, 3.63) is 21.9 Å². The number of nitrogens with one attached hydrogen (secondary N) is 1. The Morgan fingerprint density at radius 3 is 2.59 bits per heavy atom. The molecule has 0 radical (unpaired) electrons. The first-order valence-electron chi connectivity index (χ1n) is 5.82. The van der Waals surface area contributed by atoms with Crippen molar-refractivity contribution in [2.45, 2.75) is 40.2 Å². The molecule has 0 saturated heterocycles. The van der Waals surface area contributed by atoms with Crippen LogP contribution in [0.5, 0.6) is 0 Å². The van der Waals surface area contributed by atoms with Gasteiger partial charge >= 0.3 is 0 Å². The molecule has 0 fully saturated rings. The third-order valence-electron chi connectivity index (χ3n) is 2.84. The summed E-state index contributed by atoms with van der Waals surface area (Å²) in [4.78, 5) is 12.8. The molecule has 0 aliphatic rings. The smallest absolute Gasteiger partial charge is 0.261 e. The topological polar surface area (TPSA) is 49.3 Å². The summed E-state index contributed by atoms with van der Waals surface area (Å²) in [6.07, 6.45) is 0.583. The normalized spacial score (nSPS) is 13.5. The van der Waals surface area contributed by atoms with E-state index in [0.717, 1.165) is 10.4 Å². The van der Waals surface area contributed by atoms with Gasteiger partial charge in [-0.05, 0) is 35.8 Å². The first-order chi connectivity index (χ1) is 7.86. The van der Waals surface area contributed by atoms with E-state index in [4.69, 9.17) is 5.11 Å². The minimum absolute atomic E-state index is 0.0125. The van der Waals surface area contributed by atoms with Gasteiger partial charge in [0.1, 0.15) is 0 Å². The summed E-state index contributed by atoms with van der Waals surface area (Å²) in [5.41, 5.74) is 0.952. The highest BCUT2D eigenvalue weighted by Gasteiger charge is 2.26. The fourth-order valence-electron chi connectivity index (χ4n) is 1.68. The van der Waals surface area contributed by atoms with E-state index in [2.05, 4.69) is 26.1 Å². The fourth-order valence-corrected chi connectivity index (χ4v) is 2.51. The molecule has 4 heteroatoms. The van der Waals surface area contributed by atoms with Crippen LogP contribution in [0, 0.1) is 12.3 Å². The summed E-state index contributed by atoms with van der Waals surface area (Å²) in [5.74, 6) is -0.0362. The number of aliphatic hydroxyl groups is 1. The average Bonchev–Trinajstić information content (AvgIpc) is 2.62. The maximum Gasteiger partial charge on any atom is 0.261 e. The van der Waals surface area contributed by atoms with Crippen LogP contribution in [0.4, 0.5) is 0 Å². The van der Waals surface area contributed by atoms with Crippen molar-refractivity contribution >= 4 is 17.2 Å². The van der Waals surface area contributed by atoms with Crippen molar-refractivity contribution in [2.24, 2.45) is 5.41 Å². The largest absolute Gasteiger partial charge is 0.396 e. The van der Waals surface area contributed by atoms with Crippen LogP contribution in [0.2, 0.25) is 0 Å². The third kappa shape index (κ3) is 3.82. The Hall–Kier alpha value is -0.870. The summed E-state index contributed by atoms with van der Waals surface area (Å²) in [7, 11) is 0. The summed E-state index contributed by atoms with van der Waals surface area (Å²) in [6.45, 7) is 8.22. The Labute approximate surface area is 107 Å². The molecule has 0 aliphatic carbocycles. The lowest BCUT2D eigenvalue weighted by Gasteiger charge is -2.31. The van der Waals surface area contributed by atoms with Crippen molar-refractivity contribution in [3.8, 4) is 0 Å². The summed E-state index contributed by atoms with van der Waals surface area (Å²) in [6, 6.07) is 1.93. The molecule has 3 nitrogen and oxygen atoms in total. The SMILES string of the molecule is Cc1ccsc1C(=O)NC(CCO)C(C)(C)C. The van der Waals surface area contributed by atoms with E-state index in [9.17, 15) is 4.79 Å². The summed E-state index contributed by atoms with van der Waals surface area (Å²) >= 11 is 1.45. The van der Waals surface area contributed by atoms with Crippen molar-refractivity contribution in [2.75, 3.05) is 6.61 Å². The van der Waals surface area contributed by atoms with Gasteiger partial charge in [0.2, 0.25) is 0 Å². The molecular weight excluding hydrogens is 234 g/mol. The first-order valence-corrected chi connectivity index (χ1v) is 6.70. The lowest BCUT2D eigenvalue weighted by molar-refractivity contribution is 0.0889. The number of hydrogen-bond acceptors (Lipinski definition) is 3. The van der Waals surface area contributed by atoms with E-state index in [-0.39, 0.29) is 24.0 Å². The van der Waals surface area contributed by atoms with Crippen LogP contribution in [0.1, 0.15) is 42.4 Å². The zero-order chi connectivity index (χ0) is 13.1. The highest BCUT2D eigenvalue weighted by atomic mass is 32.1. The Bertz CT molecular complexity index is 379. The molecule has 17 heavy (non-hydrogen) atoms. The van der Waals surface area contributed by atoms with Crippen molar-refractivity contribution < 1.29 is 9.90 Å². The van der Waals surface area contributed by atoms with Crippen LogP contribution in [-0.2, 0) is 0 Å². The molecule has 1 atom stereocenters. The minimum atomic E-state index is -0.0520. The van der Waals surface area contributed by atoms with Gasteiger partial charge in [-0.1, -0.05) is 20.8 Å². The lowest BCUT2D eigenvalue weighted by atomic mass is 9.85. The van der Waals surface area contributed by atoms with Gasteiger partial charge in [-0.25, -0.2) is 0 Å². The number of amides is 1. The molecule has 0 aromatic carbocycles. The van der Waals surface area contributed by atoms with Crippen LogP contribution >= 0.6 is 11.3 Å². The lowest BCUT2D eigenvalue weighted by Crippen LogP contribution is -2.44. The van der Waals surface area contributed by atoms with Crippen LogP contribution in [0.15, 0.2) is 11.4 Å². The second-order valence-electron chi connectivity index (χ2n) is 5.34. The van der Waals surface area contributed by atoms with Crippen molar-refractivity contribution in [3.63, 3.8) is 0 Å². The molecule has 1 rings (SSSR count). The van der Waals surface area contributed by atoms with Gasteiger partial charge in [0.15, 0.2) is 0 Å². The molecule has 2 N–H and O–H groups in total. The maximum absolute atomic E-state index is 12.1. The molecular formula is C13H21NO2S. The van der Waals surface area contributed by atoms with Gasteiger partial charge in [-0.15, -0.1) is 11.3 Å². The number of hydrogen-bond donors (Lipinski definition) is 2. The Kier molecular flexibility index (Phi) is 4.71. The average molecular weight is 255 g/mol. The predicted molar refractivity (Wildman–Crippen MR) is 71.5 cm³/mol. The van der Waals surface area contributed by atoms with E-state index in [1.807, 2.05) is 18.4 Å². The molecule has 0 spiro atoms. The number of thiophene rings is 1. The Morgan fingerprint density at radius 2 is 2.18 bits per heavy atom. The fraction of sp³-hybridized carbons (Fsp3) is 0.615. The number of rotatable bonds is 4. The van der Waals surface area contributed by atoms with Gasteiger partial charge in [0.05, 0.1) is 4.88 Å². The molecule has 1 aromatic rings. The Balaban J connectivity index is 2.75. The van der Waals surface area contributed by atoms with E-state index in [1.54, 1.807) is 0 Å². The number of carbonyl (C=O) groups excluding carboxylic acids is 1. The molecule has 0 saturated carbocycles. The van der Waals surface area contributed by atoms with Gasteiger partial charge in [0, 0.05) is 12.6 Å². The standard InChI is InChI=1S/C13H21NO2S/c1-9-6-8-17-11(9)12(16)14-10(5-7-15)13(2,3)4/h6,8,10,15H,5,7H2,1-4H3,(H,14,16). The van der Waals surface area contributed by atoms with E-state index >= 15 is 0 Å². The molecule has 1 unspecified atom stereocenters. The zero-order valence-corrected chi connectivity index (χ0v) is 11.7. The number of aryl methyl sites for hydroxylation is 1. The molecule has 1 heterocycles. The van der Waals surface area contributed by atoms with Crippen molar-refractivity contribution in [1.29, 1.82) is 0 Å². The van der Waals surface area contributed by atoms with Gasteiger partial charge in [-0.2, -0.15) is 0 Å². The van der Waals surface area contributed by atoms with Crippen LogP contribution in [0.3, 0.4) is 0 Å². The molecule has 1 amide bonds. The molecule has 0 aliphatic heterocycles. The monoisotopic (exact) mass is 255 g/mol. The molecule has 96 valence electrons. The number of aliphatic hydroxyl groups excluding tert-OH is 1. The number of carbonyl (C=O) groups is 1. The van der Waals surface area contributed by atoms with Crippen molar-refractivity contribution in [1.82, 2.24) is 5.32 Å². The third-order valence-corrected chi connectivity index (χ3v) is 3.85. The van der Waals surface area contributed by atoms with Gasteiger partial charge in [-0.3, -0.25) is 4.79 Å². The minimum Gasteiger partial charge on any atom is -0.396 e. The van der Waals surface area contributed by atoms with E-state index < -0.39 is 0 Å². The van der Waals surface area contributed by atoms with Gasteiger partial charge < -0.3 is 10.4 Å². The van der Waals surface area contributed by atoms with Gasteiger partial charge in [0.25, 0.3) is 5.91 Å². The van der Waals surface area contributed by atoms with Crippen LogP contribution in [0.25, 0.3) is 0 Å². The molecule has 1 aromatic heterocycles. The second kappa shape index (κ2) is 5.65. The highest BCUT2D eigenvalue weighted by molar-refractivity contribution is 7.12. The van der Waals surface area contributed by atoms with E-state index in [0.29, 0.717) is 6.42 Å². The zero-order valence-electron chi connectivity index (χ0n) is 10.9. The second-order valence-corrected chi connectivity index (χ2v) is 6.25. The predicted octanol–water partition coefficient (Wildman–Crippen LogP) is 2.58. The quantitative estimate of drug-likeness (QED) is 0.868. The van der Waals surface area contributed by atoms with Crippen LogP contribution < -0.4 is 5.32 Å². The maximum atomic E-state index is 12.1. The molecule has 0 bridgehead atoms. The highest BCUT2D eigenvalue weighted by Crippen LogP contribution is 2.23. The summed E-state index contributed by atoms with van der Waals surface area (Å²) < 4.78 is 0. The first kappa shape index (κ1) is 14.2.